The number of pyridine rings is 1. The molecule has 2 amide bonds. The number of urea groups is 1. The average molecular weight is 512 g/mol. The number of nitrogens with zero attached hydrogens (tertiary/aromatic N) is 4. The molecule has 2 aromatic heterocycles. The molecule has 1 aromatic carbocycles. The number of amides is 2. The van der Waals surface area contributed by atoms with Crippen molar-refractivity contribution >= 4 is 23.0 Å². The van der Waals surface area contributed by atoms with Gasteiger partial charge in [-0.3, -0.25) is 14.5 Å². The highest BCUT2D eigenvalue weighted by molar-refractivity contribution is 5.91. The number of halogens is 2. The van der Waals surface area contributed by atoms with E-state index in [0.29, 0.717) is 68.9 Å². The van der Waals surface area contributed by atoms with Crippen LogP contribution in [0, 0.1) is 11.6 Å². The van der Waals surface area contributed by atoms with Crippen molar-refractivity contribution in [1.29, 1.82) is 0 Å². The molecule has 0 bridgehead atoms. The van der Waals surface area contributed by atoms with E-state index in [9.17, 15) is 18.4 Å². The number of nitrogens with one attached hydrogen (secondary N) is 3. The third-order valence-electron chi connectivity index (χ3n) is 7.30. The number of amidine groups is 1. The highest BCUT2D eigenvalue weighted by atomic mass is 19.2. The predicted octanol–water partition coefficient (Wildman–Crippen LogP) is 3.30. The van der Waals surface area contributed by atoms with Gasteiger partial charge in [-0.05, 0) is 56.4 Å². The van der Waals surface area contributed by atoms with Crippen LogP contribution in [0.4, 0.5) is 13.6 Å². The van der Waals surface area contributed by atoms with E-state index in [1.165, 1.54) is 6.07 Å². The van der Waals surface area contributed by atoms with Crippen molar-refractivity contribution in [3.8, 4) is 0 Å². The second kappa shape index (κ2) is 10.7. The van der Waals surface area contributed by atoms with Gasteiger partial charge in [-0.25, -0.2) is 23.4 Å². The lowest BCUT2D eigenvalue weighted by atomic mass is 9.93. The summed E-state index contributed by atoms with van der Waals surface area (Å²) in [6, 6.07) is 7.33. The lowest BCUT2D eigenvalue weighted by Gasteiger charge is -2.33. The minimum absolute atomic E-state index is 0.0202. The monoisotopic (exact) mass is 511 g/mol. The molecule has 1 saturated heterocycles. The number of hydrogen-bond donors (Lipinski definition) is 3. The Bertz CT molecular complexity index is 1360. The molecule has 0 unspecified atom stereocenters. The van der Waals surface area contributed by atoms with E-state index in [0.717, 1.165) is 11.6 Å². The summed E-state index contributed by atoms with van der Waals surface area (Å²) in [6.45, 7) is 3.91. The molecule has 0 saturated carbocycles. The van der Waals surface area contributed by atoms with Gasteiger partial charge >= 0.3 is 11.7 Å². The summed E-state index contributed by atoms with van der Waals surface area (Å²) in [7, 11) is 0. The summed E-state index contributed by atoms with van der Waals surface area (Å²) < 4.78 is 30.0. The first-order valence-corrected chi connectivity index (χ1v) is 12.8. The van der Waals surface area contributed by atoms with Gasteiger partial charge in [0.1, 0.15) is 5.84 Å². The number of aromatic amines is 1. The fraction of sp³-hybridized carbons (Fsp3) is 0.462. The van der Waals surface area contributed by atoms with Crippen LogP contribution in [0.1, 0.15) is 50.1 Å². The van der Waals surface area contributed by atoms with Crippen LogP contribution >= 0.6 is 0 Å². The predicted molar refractivity (Wildman–Crippen MR) is 137 cm³/mol. The van der Waals surface area contributed by atoms with Crippen molar-refractivity contribution in [2.24, 2.45) is 4.99 Å². The second-order valence-electron chi connectivity index (χ2n) is 9.57. The molecule has 37 heavy (non-hydrogen) atoms. The minimum Gasteiger partial charge on any atom is -0.372 e. The van der Waals surface area contributed by atoms with Crippen molar-refractivity contribution in [3.05, 3.63) is 64.2 Å². The Kier molecular flexibility index (Phi) is 7.20. The van der Waals surface area contributed by atoms with Crippen LogP contribution < -0.4 is 16.3 Å². The molecule has 4 heterocycles. The Hall–Kier alpha value is -3.76. The van der Waals surface area contributed by atoms with E-state index in [4.69, 9.17) is 0 Å². The number of H-pyrrole nitrogens is 1. The molecule has 0 radical (unpaired) electrons. The summed E-state index contributed by atoms with van der Waals surface area (Å²) in [5.41, 5.74) is 1.46. The van der Waals surface area contributed by atoms with Crippen LogP contribution in [0.3, 0.4) is 0 Å². The molecular formula is C26H31F2N7O2. The summed E-state index contributed by atoms with van der Waals surface area (Å²) in [4.78, 5) is 39.1. The molecule has 1 fully saturated rings. The third-order valence-corrected chi connectivity index (χ3v) is 7.30. The highest BCUT2D eigenvalue weighted by Crippen LogP contribution is 2.29. The number of piperidine rings is 1. The number of rotatable bonds is 4. The quantitative estimate of drug-likeness (QED) is 0.500. The largest absolute Gasteiger partial charge is 0.372 e. The Morgan fingerprint density at radius 3 is 2.73 bits per heavy atom. The van der Waals surface area contributed by atoms with E-state index in [2.05, 4.69) is 25.6 Å². The van der Waals surface area contributed by atoms with Crippen LogP contribution in [-0.2, 0) is 0 Å². The third kappa shape index (κ3) is 5.07. The lowest BCUT2D eigenvalue weighted by molar-refractivity contribution is 0.170. The number of hydrogen-bond acceptors (Lipinski definition) is 5. The number of benzene rings is 1. The highest BCUT2D eigenvalue weighted by Gasteiger charge is 2.30. The normalized spacial score (nSPS) is 20.9. The fourth-order valence-electron chi connectivity index (χ4n) is 5.39. The Balaban J connectivity index is 1.23. The topological polar surface area (TPSA) is 107 Å². The molecular weight excluding hydrogens is 480 g/mol. The van der Waals surface area contributed by atoms with Crippen LogP contribution in [0.25, 0.3) is 11.2 Å². The van der Waals surface area contributed by atoms with Gasteiger partial charge in [0.2, 0.25) is 0 Å². The van der Waals surface area contributed by atoms with Gasteiger partial charge in [0.25, 0.3) is 0 Å². The molecule has 0 aliphatic carbocycles. The standard InChI is InChI=1S/C26H31F2N7O2/c1-2-29-23-20(9-8-16(15-31-23)18-5-3-6-19(27)22(18)28)32-25(36)34-13-10-17(11-14-34)35-21-7-4-12-30-24(21)33-26(35)37/h3-7,12,16-17,20H,2,8-11,13-15H2,1H3,(H,29,31)(H,32,36)(H,30,33,37)/t16-,20-/m1/s1. The molecule has 196 valence electrons. The van der Waals surface area contributed by atoms with Gasteiger partial charge in [0.05, 0.1) is 11.6 Å². The van der Waals surface area contributed by atoms with Gasteiger partial charge in [-0.2, -0.15) is 0 Å². The fourth-order valence-corrected chi connectivity index (χ4v) is 5.39. The van der Waals surface area contributed by atoms with Crippen molar-refractivity contribution in [1.82, 2.24) is 30.1 Å². The number of likely N-dealkylation sites (N-methyl/N-ethyl adjacent to an activating group) is 1. The number of fused-ring (bicyclic) bond motifs is 1. The average Bonchev–Trinajstić information content (AvgIpc) is 3.12. The van der Waals surface area contributed by atoms with E-state index < -0.39 is 11.6 Å². The summed E-state index contributed by atoms with van der Waals surface area (Å²) >= 11 is 0. The maximum Gasteiger partial charge on any atom is 0.327 e. The van der Waals surface area contributed by atoms with E-state index in [1.807, 2.05) is 13.0 Å². The number of carbonyl (C=O) groups excluding carboxylic acids is 1. The first kappa shape index (κ1) is 24.9. The number of likely N-dealkylation sites (tertiary alicyclic amines) is 1. The van der Waals surface area contributed by atoms with E-state index >= 15 is 0 Å². The van der Waals surface area contributed by atoms with Gasteiger partial charge in [-0.15, -0.1) is 0 Å². The van der Waals surface area contributed by atoms with Crippen LogP contribution in [0.5, 0.6) is 0 Å². The molecule has 3 N–H and O–H groups in total. The first-order valence-electron chi connectivity index (χ1n) is 12.8. The number of aromatic nitrogens is 3. The maximum atomic E-state index is 14.4. The maximum absolute atomic E-state index is 14.4. The Morgan fingerprint density at radius 1 is 1.14 bits per heavy atom. The van der Waals surface area contributed by atoms with E-state index in [1.54, 1.807) is 27.8 Å². The summed E-state index contributed by atoms with van der Waals surface area (Å²) in [6.07, 6.45) is 4.05. The van der Waals surface area contributed by atoms with Crippen molar-refractivity contribution in [2.75, 3.05) is 26.2 Å². The Morgan fingerprint density at radius 2 is 1.95 bits per heavy atom. The van der Waals surface area contributed by atoms with Gasteiger partial charge in [0, 0.05) is 44.3 Å². The molecule has 2 aliphatic rings. The zero-order valence-electron chi connectivity index (χ0n) is 20.7. The molecule has 9 nitrogen and oxygen atoms in total. The SMILES string of the molecule is CCNC1=NC[C@H](c2cccc(F)c2F)CC[C@H]1NC(=O)N1CCC(n2c(=O)[nH]c3ncccc32)CC1. The minimum atomic E-state index is -0.864. The molecule has 5 rings (SSSR count). The van der Waals surface area contributed by atoms with Crippen LogP contribution in [0.15, 0.2) is 46.3 Å². The van der Waals surface area contributed by atoms with Crippen LogP contribution in [0.2, 0.25) is 0 Å². The molecule has 2 atom stereocenters. The van der Waals surface area contributed by atoms with Crippen molar-refractivity contribution in [3.63, 3.8) is 0 Å². The van der Waals surface area contributed by atoms with E-state index in [-0.39, 0.29) is 29.7 Å². The van der Waals surface area contributed by atoms with Gasteiger partial charge in [0.15, 0.2) is 17.3 Å². The molecule has 2 aliphatic heterocycles. The smallest absolute Gasteiger partial charge is 0.327 e. The van der Waals surface area contributed by atoms with Gasteiger partial charge in [-0.1, -0.05) is 12.1 Å². The van der Waals surface area contributed by atoms with Crippen molar-refractivity contribution in [2.45, 2.75) is 50.6 Å². The zero-order chi connectivity index (χ0) is 25.9. The summed E-state index contributed by atoms with van der Waals surface area (Å²) in [5, 5.41) is 6.32. The second-order valence-corrected chi connectivity index (χ2v) is 9.57. The zero-order valence-corrected chi connectivity index (χ0v) is 20.7. The van der Waals surface area contributed by atoms with Crippen LogP contribution in [-0.4, -0.2) is 63.5 Å². The lowest BCUT2D eigenvalue weighted by Crippen LogP contribution is -2.52. The number of imidazole rings is 1. The molecule has 0 spiro atoms. The molecule has 3 aromatic rings. The number of aliphatic imine (C=N–C) groups is 1. The van der Waals surface area contributed by atoms with Crippen molar-refractivity contribution < 1.29 is 13.6 Å². The molecule has 11 heteroatoms. The van der Waals surface area contributed by atoms with Gasteiger partial charge < -0.3 is 15.5 Å². The Labute approximate surface area is 213 Å². The summed E-state index contributed by atoms with van der Waals surface area (Å²) in [5.74, 6) is -1.31. The number of carbonyl (C=O) groups is 1. The first-order chi connectivity index (χ1) is 18.0.